The number of carbonyl (C=O) groups is 1. The number of benzene rings is 1. The average Bonchev–Trinajstić information content (AvgIpc) is 2.93. The maximum absolute atomic E-state index is 12.1. The topological polar surface area (TPSA) is 63.2 Å². The van der Waals surface area contributed by atoms with Crippen molar-refractivity contribution in [2.24, 2.45) is 0 Å². The smallest absolute Gasteiger partial charge is 0.273 e. The Morgan fingerprint density at radius 3 is 2.50 bits per heavy atom. The molecule has 1 N–H and O–H groups in total. The van der Waals surface area contributed by atoms with E-state index in [1.54, 1.807) is 13.0 Å². The molecule has 118 valence electrons. The standard InChI is InChI=1S/C15H17NO3S3/c1-11-8-9-14(21-11)22(18,19)16-15(17)12(2)20-10-13-6-4-3-5-7-13/h3-9,12H,10H2,1-2H3,(H,16,17). The van der Waals surface area contributed by atoms with Crippen LogP contribution in [-0.2, 0) is 20.6 Å². The zero-order chi connectivity index (χ0) is 16.2. The molecule has 2 aromatic rings. The number of rotatable bonds is 6. The lowest BCUT2D eigenvalue weighted by Gasteiger charge is -2.11. The number of nitrogens with one attached hydrogen (secondary N) is 1. The number of sulfonamides is 1. The van der Waals surface area contributed by atoms with Crippen LogP contribution in [0.5, 0.6) is 0 Å². The number of thiophene rings is 1. The van der Waals surface area contributed by atoms with Gasteiger partial charge in [0, 0.05) is 10.6 Å². The summed E-state index contributed by atoms with van der Waals surface area (Å²) in [7, 11) is -3.76. The Labute approximate surface area is 139 Å². The normalized spacial score (nSPS) is 12.8. The highest BCUT2D eigenvalue weighted by atomic mass is 32.2. The summed E-state index contributed by atoms with van der Waals surface area (Å²) in [4.78, 5) is 12.9. The van der Waals surface area contributed by atoms with Crippen molar-refractivity contribution in [2.75, 3.05) is 0 Å². The third-order valence-corrected chi connectivity index (χ3v) is 6.98. The van der Waals surface area contributed by atoms with E-state index >= 15 is 0 Å². The van der Waals surface area contributed by atoms with Crippen molar-refractivity contribution in [2.45, 2.75) is 29.1 Å². The maximum atomic E-state index is 12.1. The lowest BCUT2D eigenvalue weighted by atomic mass is 10.2. The van der Waals surface area contributed by atoms with Crippen LogP contribution in [0.15, 0.2) is 46.7 Å². The van der Waals surface area contributed by atoms with Gasteiger partial charge in [0.2, 0.25) is 5.91 Å². The first-order valence-corrected chi connectivity index (χ1v) is 10.0. The second-order valence-electron chi connectivity index (χ2n) is 4.77. The van der Waals surface area contributed by atoms with Gasteiger partial charge in [0.1, 0.15) is 4.21 Å². The third-order valence-electron chi connectivity index (χ3n) is 2.93. The molecule has 1 heterocycles. The maximum Gasteiger partial charge on any atom is 0.273 e. The third kappa shape index (κ3) is 4.59. The van der Waals surface area contributed by atoms with E-state index in [4.69, 9.17) is 0 Å². The Hall–Kier alpha value is -1.31. The molecule has 1 amide bonds. The van der Waals surface area contributed by atoms with Gasteiger partial charge in [-0.25, -0.2) is 13.1 Å². The second kappa shape index (κ2) is 7.30. The number of thioether (sulfide) groups is 1. The Bertz CT molecular complexity index is 738. The molecule has 1 unspecified atom stereocenters. The van der Waals surface area contributed by atoms with Gasteiger partial charge in [0.25, 0.3) is 10.0 Å². The lowest BCUT2D eigenvalue weighted by molar-refractivity contribution is -0.118. The Morgan fingerprint density at radius 1 is 1.23 bits per heavy atom. The van der Waals surface area contributed by atoms with Gasteiger partial charge in [-0.1, -0.05) is 30.3 Å². The quantitative estimate of drug-likeness (QED) is 0.864. The molecule has 1 atom stereocenters. The van der Waals surface area contributed by atoms with Crippen LogP contribution in [0.4, 0.5) is 0 Å². The molecule has 0 saturated carbocycles. The Kier molecular flexibility index (Phi) is 5.66. The van der Waals surface area contributed by atoms with Crippen LogP contribution in [0, 0.1) is 6.92 Å². The van der Waals surface area contributed by atoms with Crippen molar-refractivity contribution in [1.29, 1.82) is 0 Å². The molecule has 0 radical (unpaired) electrons. The highest BCUT2D eigenvalue weighted by Crippen LogP contribution is 2.22. The van der Waals surface area contributed by atoms with E-state index in [0.717, 1.165) is 21.8 Å². The van der Waals surface area contributed by atoms with E-state index in [9.17, 15) is 13.2 Å². The summed E-state index contributed by atoms with van der Waals surface area (Å²) in [5.41, 5.74) is 1.10. The highest BCUT2D eigenvalue weighted by molar-refractivity contribution is 8.00. The monoisotopic (exact) mass is 355 g/mol. The fourth-order valence-corrected chi connectivity index (χ4v) is 4.95. The van der Waals surface area contributed by atoms with Crippen molar-refractivity contribution in [1.82, 2.24) is 4.72 Å². The van der Waals surface area contributed by atoms with Gasteiger partial charge in [0.15, 0.2) is 0 Å². The summed E-state index contributed by atoms with van der Waals surface area (Å²) in [6.07, 6.45) is 0. The molecule has 1 aromatic heterocycles. The largest absolute Gasteiger partial charge is 0.273 e. The van der Waals surface area contributed by atoms with Gasteiger partial charge in [-0.05, 0) is 31.5 Å². The van der Waals surface area contributed by atoms with E-state index in [1.165, 1.54) is 17.8 Å². The summed E-state index contributed by atoms with van der Waals surface area (Å²) >= 11 is 2.55. The minimum atomic E-state index is -3.76. The fraction of sp³-hybridized carbons (Fsp3) is 0.267. The first-order valence-electron chi connectivity index (χ1n) is 6.67. The first kappa shape index (κ1) is 17.1. The minimum Gasteiger partial charge on any atom is -0.273 e. The summed E-state index contributed by atoms with van der Waals surface area (Å²) in [6.45, 7) is 3.53. The summed E-state index contributed by atoms with van der Waals surface area (Å²) in [6, 6.07) is 13.0. The fourth-order valence-electron chi connectivity index (χ4n) is 1.69. The van der Waals surface area contributed by atoms with Crippen molar-refractivity contribution < 1.29 is 13.2 Å². The van der Waals surface area contributed by atoms with Crippen molar-refractivity contribution in [3.05, 3.63) is 52.9 Å². The van der Waals surface area contributed by atoms with Crippen LogP contribution >= 0.6 is 23.1 Å². The highest BCUT2D eigenvalue weighted by Gasteiger charge is 2.23. The van der Waals surface area contributed by atoms with E-state index in [1.807, 2.05) is 37.3 Å². The molecular weight excluding hydrogens is 338 g/mol. The number of aryl methyl sites for hydroxylation is 1. The molecule has 1 aromatic carbocycles. The molecule has 0 aliphatic carbocycles. The van der Waals surface area contributed by atoms with E-state index in [2.05, 4.69) is 4.72 Å². The van der Waals surface area contributed by atoms with Crippen molar-refractivity contribution in [3.8, 4) is 0 Å². The van der Waals surface area contributed by atoms with Gasteiger partial charge >= 0.3 is 0 Å². The summed E-state index contributed by atoms with van der Waals surface area (Å²) in [5, 5.41) is -0.448. The molecule has 0 aliphatic heterocycles. The first-order chi connectivity index (χ1) is 10.4. The minimum absolute atomic E-state index is 0.165. The summed E-state index contributed by atoms with van der Waals surface area (Å²) in [5.74, 6) is 0.167. The molecule has 0 spiro atoms. The average molecular weight is 356 g/mol. The van der Waals surface area contributed by atoms with Crippen LogP contribution in [0.3, 0.4) is 0 Å². The van der Waals surface area contributed by atoms with Gasteiger partial charge in [-0.2, -0.15) is 0 Å². The number of carbonyl (C=O) groups excluding carboxylic acids is 1. The molecule has 4 nitrogen and oxygen atoms in total. The SMILES string of the molecule is Cc1ccc(S(=O)(=O)NC(=O)C(C)SCc2ccccc2)s1. The van der Waals surface area contributed by atoms with Crippen molar-refractivity contribution in [3.63, 3.8) is 0 Å². The van der Waals surface area contributed by atoms with Crippen LogP contribution in [0.2, 0.25) is 0 Å². The lowest BCUT2D eigenvalue weighted by Crippen LogP contribution is -2.35. The second-order valence-corrected chi connectivity index (χ2v) is 9.30. The van der Waals surface area contributed by atoms with Gasteiger partial charge in [-0.15, -0.1) is 23.1 Å². The number of hydrogen-bond acceptors (Lipinski definition) is 5. The van der Waals surface area contributed by atoms with Crippen LogP contribution < -0.4 is 4.72 Å². The van der Waals surface area contributed by atoms with Crippen LogP contribution in [-0.4, -0.2) is 19.6 Å². The van der Waals surface area contributed by atoms with Crippen LogP contribution in [0.25, 0.3) is 0 Å². The molecular formula is C15H17NO3S3. The van der Waals surface area contributed by atoms with E-state index in [0.29, 0.717) is 5.75 Å². The zero-order valence-electron chi connectivity index (χ0n) is 12.3. The van der Waals surface area contributed by atoms with Gasteiger partial charge < -0.3 is 0 Å². The van der Waals surface area contributed by atoms with Crippen molar-refractivity contribution >= 4 is 39.0 Å². The molecule has 0 bridgehead atoms. The Morgan fingerprint density at radius 2 is 1.91 bits per heavy atom. The molecule has 22 heavy (non-hydrogen) atoms. The predicted octanol–water partition coefficient (Wildman–Crippen LogP) is 3.18. The zero-order valence-corrected chi connectivity index (χ0v) is 14.7. The van der Waals surface area contributed by atoms with Crippen LogP contribution in [0.1, 0.15) is 17.4 Å². The van der Waals surface area contributed by atoms with Gasteiger partial charge in [0.05, 0.1) is 5.25 Å². The van der Waals surface area contributed by atoms with E-state index < -0.39 is 21.2 Å². The molecule has 0 aliphatic rings. The van der Waals surface area contributed by atoms with Gasteiger partial charge in [-0.3, -0.25) is 4.79 Å². The molecule has 0 saturated heterocycles. The molecule has 0 fully saturated rings. The number of amides is 1. The molecule has 7 heteroatoms. The summed E-state index contributed by atoms with van der Waals surface area (Å²) < 4.78 is 26.5. The van der Waals surface area contributed by atoms with E-state index in [-0.39, 0.29) is 4.21 Å². The predicted molar refractivity (Wildman–Crippen MR) is 91.6 cm³/mol. The number of hydrogen-bond donors (Lipinski definition) is 1. The Balaban J connectivity index is 1.93. The molecule has 2 rings (SSSR count).